The highest BCUT2D eigenvalue weighted by atomic mass is 35.5. The molecule has 0 aliphatic heterocycles. The maximum Gasteiger partial charge on any atom is 0.223 e. The van der Waals surface area contributed by atoms with E-state index in [-0.39, 0.29) is 16.7 Å². The summed E-state index contributed by atoms with van der Waals surface area (Å²) < 4.78 is 0. The lowest BCUT2D eigenvalue weighted by Gasteiger charge is -2.06. The molecule has 0 unspecified atom stereocenters. The quantitative estimate of drug-likeness (QED) is 0.816. The first-order valence-electron chi connectivity index (χ1n) is 4.86. The van der Waals surface area contributed by atoms with E-state index < -0.39 is 0 Å². The third-order valence-electron chi connectivity index (χ3n) is 1.97. The van der Waals surface area contributed by atoms with Crippen molar-refractivity contribution >= 4 is 34.7 Å². The standard InChI is InChI=1S/C9H8ClN7S/c1-4-16-17-6(18-4)3-13-8-5(2-11)7(10)14-9(12)15-8/h3H2,1H3,(H3,12,13,14,15). The molecule has 0 saturated carbocycles. The number of rotatable bonds is 3. The fourth-order valence-corrected chi connectivity index (χ4v) is 2.11. The van der Waals surface area contributed by atoms with Crippen molar-refractivity contribution in [2.75, 3.05) is 11.1 Å². The molecule has 2 heterocycles. The highest BCUT2D eigenvalue weighted by Crippen LogP contribution is 2.21. The molecule has 0 fully saturated rings. The van der Waals surface area contributed by atoms with Gasteiger partial charge in [0.2, 0.25) is 5.95 Å². The van der Waals surface area contributed by atoms with E-state index in [0.29, 0.717) is 12.4 Å². The minimum absolute atomic E-state index is 0.00921. The zero-order valence-corrected chi connectivity index (χ0v) is 10.9. The number of anilines is 2. The van der Waals surface area contributed by atoms with Crippen molar-refractivity contribution < 1.29 is 0 Å². The monoisotopic (exact) mass is 281 g/mol. The molecule has 0 bridgehead atoms. The average molecular weight is 282 g/mol. The highest BCUT2D eigenvalue weighted by Gasteiger charge is 2.12. The second kappa shape index (κ2) is 5.12. The van der Waals surface area contributed by atoms with E-state index >= 15 is 0 Å². The van der Waals surface area contributed by atoms with Crippen molar-refractivity contribution in [1.29, 1.82) is 5.26 Å². The molecule has 2 aromatic heterocycles. The van der Waals surface area contributed by atoms with Gasteiger partial charge in [0.05, 0.1) is 6.54 Å². The van der Waals surface area contributed by atoms with Crippen molar-refractivity contribution in [3.63, 3.8) is 0 Å². The Kier molecular flexibility index (Phi) is 3.55. The van der Waals surface area contributed by atoms with Gasteiger partial charge in [0, 0.05) is 0 Å². The van der Waals surface area contributed by atoms with Crippen molar-refractivity contribution in [2.45, 2.75) is 13.5 Å². The minimum atomic E-state index is 0.00921. The first-order valence-corrected chi connectivity index (χ1v) is 6.05. The maximum atomic E-state index is 8.97. The lowest BCUT2D eigenvalue weighted by atomic mass is 10.3. The molecule has 9 heteroatoms. The Hall–Kier alpha value is -1.98. The van der Waals surface area contributed by atoms with Crippen LogP contribution in [0.15, 0.2) is 0 Å². The van der Waals surface area contributed by atoms with Gasteiger partial charge in [0.15, 0.2) is 11.0 Å². The van der Waals surface area contributed by atoms with E-state index in [0.717, 1.165) is 10.0 Å². The molecule has 0 atom stereocenters. The average Bonchev–Trinajstić information content (AvgIpc) is 2.72. The molecule has 0 spiro atoms. The van der Waals surface area contributed by atoms with Crippen LogP contribution in [0, 0.1) is 18.3 Å². The normalized spacial score (nSPS) is 10.1. The molecular weight excluding hydrogens is 274 g/mol. The zero-order chi connectivity index (χ0) is 13.1. The van der Waals surface area contributed by atoms with Crippen LogP contribution in [0.5, 0.6) is 0 Å². The minimum Gasteiger partial charge on any atom is -0.368 e. The molecule has 2 rings (SSSR count). The predicted octanol–water partition coefficient (Wildman–Crippen LogP) is 1.36. The zero-order valence-electron chi connectivity index (χ0n) is 9.31. The largest absolute Gasteiger partial charge is 0.368 e. The third-order valence-corrected chi connectivity index (χ3v) is 3.08. The third kappa shape index (κ3) is 2.64. The summed E-state index contributed by atoms with van der Waals surface area (Å²) in [7, 11) is 0. The number of nitrogens with two attached hydrogens (primary N) is 1. The molecule has 0 aliphatic rings. The van der Waals surface area contributed by atoms with Gasteiger partial charge in [-0.15, -0.1) is 10.2 Å². The van der Waals surface area contributed by atoms with Crippen LogP contribution in [0.25, 0.3) is 0 Å². The van der Waals surface area contributed by atoms with E-state index in [4.69, 9.17) is 22.6 Å². The van der Waals surface area contributed by atoms with Gasteiger partial charge < -0.3 is 11.1 Å². The summed E-state index contributed by atoms with van der Waals surface area (Å²) in [5.74, 6) is 0.304. The first-order chi connectivity index (χ1) is 8.60. The lowest BCUT2D eigenvalue weighted by molar-refractivity contribution is 0.963. The second-order valence-corrected chi connectivity index (χ2v) is 4.90. The maximum absolute atomic E-state index is 8.97. The number of nitrogen functional groups attached to an aromatic ring is 1. The molecule has 18 heavy (non-hydrogen) atoms. The molecule has 2 aromatic rings. The van der Waals surface area contributed by atoms with Gasteiger partial charge in [-0.25, -0.2) is 0 Å². The number of aryl methyl sites for hydroxylation is 1. The molecule has 0 aromatic carbocycles. The SMILES string of the molecule is Cc1nnc(CNc2nc(N)nc(Cl)c2C#N)s1. The van der Waals surface area contributed by atoms with Gasteiger partial charge in [-0.3, -0.25) is 0 Å². The van der Waals surface area contributed by atoms with E-state index in [9.17, 15) is 0 Å². The molecule has 0 saturated heterocycles. The van der Waals surface area contributed by atoms with Gasteiger partial charge in [0.1, 0.15) is 21.6 Å². The molecule has 0 aliphatic carbocycles. The summed E-state index contributed by atoms with van der Waals surface area (Å²) in [5, 5.41) is 21.4. The van der Waals surface area contributed by atoms with Crippen LogP contribution >= 0.6 is 22.9 Å². The van der Waals surface area contributed by atoms with E-state index in [2.05, 4.69) is 25.5 Å². The van der Waals surface area contributed by atoms with Gasteiger partial charge in [-0.1, -0.05) is 22.9 Å². The van der Waals surface area contributed by atoms with Crippen molar-refractivity contribution in [3.8, 4) is 6.07 Å². The van der Waals surface area contributed by atoms with Crippen LogP contribution in [0.4, 0.5) is 11.8 Å². The first kappa shape index (κ1) is 12.5. The number of halogens is 1. The topological polar surface area (TPSA) is 113 Å². The number of aromatic nitrogens is 4. The predicted molar refractivity (Wildman–Crippen MR) is 68.1 cm³/mol. The molecule has 0 radical (unpaired) electrons. The van der Waals surface area contributed by atoms with Gasteiger partial charge in [-0.2, -0.15) is 15.2 Å². The second-order valence-electron chi connectivity index (χ2n) is 3.28. The summed E-state index contributed by atoms with van der Waals surface area (Å²) in [4.78, 5) is 7.64. The van der Waals surface area contributed by atoms with E-state index in [1.807, 2.05) is 13.0 Å². The summed E-state index contributed by atoms with van der Waals surface area (Å²) in [5.41, 5.74) is 5.63. The number of nitrogens with one attached hydrogen (secondary N) is 1. The Morgan fingerprint density at radius 3 is 2.83 bits per heavy atom. The summed E-state index contributed by atoms with van der Waals surface area (Å²) in [6.45, 7) is 2.26. The van der Waals surface area contributed by atoms with Crippen LogP contribution < -0.4 is 11.1 Å². The molecular formula is C9H8ClN7S. The molecule has 0 amide bonds. The number of nitriles is 1. The Morgan fingerprint density at radius 2 is 2.22 bits per heavy atom. The summed E-state index contributed by atoms with van der Waals surface area (Å²) >= 11 is 7.26. The Morgan fingerprint density at radius 1 is 1.44 bits per heavy atom. The van der Waals surface area contributed by atoms with Gasteiger partial charge >= 0.3 is 0 Å². The Labute approximate surface area is 112 Å². The summed E-state index contributed by atoms with van der Waals surface area (Å²) in [6.07, 6.45) is 0. The van der Waals surface area contributed by atoms with Crippen LogP contribution in [0.1, 0.15) is 15.6 Å². The van der Waals surface area contributed by atoms with Crippen molar-refractivity contribution in [3.05, 3.63) is 20.7 Å². The summed E-state index contributed by atoms with van der Waals surface area (Å²) in [6, 6.07) is 1.92. The van der Waals surface area contributed by atoms with Crippen LogP contribution in [0.2, 0.25) is 5.15 Å². The van der Waals surface area contributed by atoms with Crippen LogP contribution in [-0.2, 0) is 6.54 Å². The van der Waals surface area contributed by atoms with E-state index in [1.54, 1.807) is 0 Å². The smallest absolute Gasteiger partial charge is 0.223 e. The van der Waals surface area contributed by atoms with E-state index in [1.165, 1.54) is 11.3 Å². The number of hydrogen-bond acceptors (Lipinski definition) is 8. The molecule has 7 nitrogen and oxygen atoms in total. The fourth-order valence-electron chi connectivity index (χ4n) is 1.24. The van der Waals surface area contributed by atoms with Crippen LogP contribution in [-0.4, -0.2) is 20.2 Å². The Balaban J connectivity index is 2.21. The Bertz CT molecular complexity index is 618. The van der Waals surface area contributed by atoms with Gasteiger partial charge in [0.25, 0.3) is 0 Å². The van der Waals surface area contributed by atoms with Crippen LogP contribution in [0.3, 0.4) is 0 Å². The number of hydrogen-bond donors (Lipinski definition) is 2. The van der Waals surface area contributed by atoms with Gasteiger partial charge in [-0.05, 0) is 6.92 Å². The fraction of sp³-hybridized carbons (Fsp3) is 0.222. The highest BCUT2D eigenvalue weighted by molar-refractivity contribution is 7.11. The molecule has 3 N–H and O–H groups in total. The molecule has 92 valence electrons. The van der Waals surface area contributed by atoms with Crippen molar-refractivity contribution in [2.24, 2.45) is 0 Å². The lowest BCUT2D eigenvalue weighted by Crippen LogP contribution is -2.07. The van der Waals surface area contributed by atoms with Crippen molar-refractivity contribution in [1.82, 2.24) is 20.2 Å². The number of nitrogens with zero attached hydrogens (tertiary/aromatic N) is 5.